The minimum atomic E-state index is -0.375. The zero-order valence-corrected chi connectivity index (χ0v) is 16.1. The van der Waals surface area contributed by atoms with Crippen molar-refractivity contribution in [2.24, 2.45) is 0 Å². The van der Waals surface area contributed by atoms with Gasteiger partial charge in [-0.3, -0.25) is 0 Å². The Bertz CT molecular complexity index is 868. The van der Waals surface area contributed by atoms with E-state index in [9.17, 15) is 9.18 Å². The number of nitrogens with zero attached hydrogens (tertiary/aromatic N) is 1. The lowest BCUT2D eigenvalue weighted by Gasteiger charge is -2.20. The molecule has 28 heavy (non-hydrogen) atoms. The van der Waals surface area contributed by atoms with Crippen molar-refractivity contribution in [1.29, 1.82) is 0 Å². The smallest absolute Gasteiger partial charge is 0.231 e. The Hall–Kier alpha value is -2.76. The predicted molar refractivity (Wildman–Crippen MR) is 104 cm³/mol. The molecule has 1 fully saturated rings. The van der Waals surface area contributed by atoms with Crippen LogP contribution < -0.4 is 19.1 Å². The fraction of sp³-hybridized carbons (Fsp3) is 0.409. The number of Topliss-reactive ketones (excluding diaryl/α,β-unsaturated/α-hetero) is 1. The first-order chi connectivity index (χ1) is 13.5. The highest BCUT2D eigenvalue weighted by Crippen LogP contribution is 2.40. The molecule has 0 N–H and O–H groups in total. The van der Waals surface area contributed by atoms with Gasteiger partial charge >= 0.3 is 0 Å². The molecule has 2 aromatic rings. The fourth-order valence-electron chi connectivity index (χ4n) is 3.83. The molecule has 2 aliphatic heterocycles. The van der Waals surface area contributed by atoms with Gasteiger partial charge in [-0.05, 0) is 42.7 Å². The maximum atomic E-state index is 14.7. The van der Waals surface area contributed by atoms with Crippen LogP contribution in [0.15, 0.2) is 36.4 Å². The third-order valence-electron chi connectivity index (χ3n) is 5.29. The molecule has 2 atom stereocenters. The number of fused-ring (bicyclic) bond motifs is 1. The van der Waals surface area contributed by atoms with E-state index in [2.05, 4.69) is 0 Å². The third-order valence-corrected chi connectivity index (χ3v) is 5.29. The van der Waals surface area contributed by atoms with Gasteiger partial charge in [0.05, 0.1) is 12.2 Å². The van der Waals surface area contributed by atoms with Crippen LogP contribution in [0.4, 0.5) is 10.1 Å². The topological polar surface area (TPSA) is 48.0 Å². The highest BCUT2D eigenvalue weighted by molar-refractivity contribution is 5.76. The number of anilines is 1. The minimum Gasteiger partial charge on any atom is -0.489 e. The number of hydrogen-bond acceptors (Lipinski definition) is 5. The van der Waals surface area contributed by atoms with Gasteiger partial charge in [0.25, 0.3) is 0 Å². The summed E-state index contributed by atoms with van der Waals surface area (Å²) in [6.07, 6.45) is 1.35. The zero-order valence-electron chi connectivity index (χ0n) is 16.1. The molecule has 5 nitrogen and oxygen atoms in total. The Morgan fingerprint density at radius 3 is 2.79 bits per heavy atom. The molecule has 0 saturated carbocycles. The molecule has 0 bridgehead atoms. The minimum absolute atomic E-state index is 0.00897. The van der Waals surface area contributed by atoms with E-state index in [-0.39, 0.29) is 36.2 Å². The normalized spacial score (nSPS) is 19.0. The van der Waals surface area contributed by atoms with Crippen molar-refractivity contribution in [2.45, 2.75) is 38.7 Å². The summed E-state index contributed by atoms with van der Waals surface area (Å²) < 4.78 is 31.2. The lowest BCUT2D eigenvalue weighted by atomic mass is 9.96. The van der Waals surface area contributed by atoms with Crippen LogP contribution in [-0.2, 0) is 4.79 Å². The number of benzene rings is 2. The molecule has 0 spiro atoms. The van der Waals surface area contributed by atoms with Crippen LogP contribution in [0.2, 0.25) is 0 Å². The Labute approximate surface area is 164 Å². The molecule has 2 aliphatic rings. The predicted octanol–water partition coefficient (Wildman–Crippen LogP) is 4.29. The van der Waals surface area contributed by atoms with Crippen molar-refractivity contribution in [1.82, 2.24) is 0 Å². The summed E-state index contributed by atoms with van der Waals surface area (Å²) in [6, 6.07) is 11.4. The summed E-state index contributed by atoms with van der Waals surface area (Å²) in [5, 5.41) is 0. The molecule has 148 valence electrons. The first-order valence-corrected chi connectivity index (χ1v) is 9.60. The highest BCUT2D eigenvalue weighted by Gasteiger charge is 2.29. The van der Waals surface area contributed by atoms with E-state index in [1.165, 1.54) is 0 Å². The number of carbonyl (C=O) groups is 1. The molecule has 0 aromatic heterocycles. The summed E-state index contributed by atoms with van der Waals surface area (Å²) in [6.45, 7) is 5.05. The second kappa shape index (κ2) is 7.70. The second-order valence-corrected chi connectivity index (χ2v) is 7.48. The first-order valence-electron chi connectivity index (χ1n) is 9.60. The summed E-state index contributed by atoms with van der Waals surface area (Å²) in [5.74, 6) is 1.44. The lowest BCUT2D eigenvalue weighted by molar-refractivity contribution is -0.117. The van der Waals surface area contributed by atoms with Crippen LogP contribution in [-0.4, -0.2) is 31.8 Å². The van der Waals surface area contributed by atoms with E-state index in [1.807, 2.05) is 36.1 Å². The molecule has 0 amide bonds. The third kappa shape index (κ3) is 3.77. The molecule has 1 unspecified atom stereocenters. The SMILES string of the molecule is CC(=O)C[C@@H](C)c1ccc(OC2CCN(c3ccc4c(c3F)OCO4)C2)cc1. The van der Waals surface area contributed by atoms with Gasteiger partial charge in [-0.1, -0.05) is 19.1 Å². The van der Waals surface area contributed by atoms with Gasteiger partial charge in [-0.2, -0.15) is 0 Å². The first kappa shape index (κ1) is 18.6. The van der Waals surface area contributed by atoms with E-state index in [4.69, 9.17) is 14.2 Å². The molecule has 2 heterocycles. The van der Waals surface area contributed by atoms with Crippen LogP contribution in [0.1, 0.15) is 38.2 Å². The number of ketones is 1. The summed E-state index contributed by atoms with van der Waals surface area (Å²) in [5.41, 5.74) is 1.64. The Balaban J connectivity index is 1.38. The van der Waals surface area contributed by atoms with E-state index >= 15 is 0 Å². The van der Waals surface area contributed by atoms with Crippen molar-refractivity contribution >= 4 is 11.5 Å². The molecular weight excluding hydrogens is 361 g/mol. The van der Waals surface area contributed by atoms with Crippen LogP contribution in [0.3, 0.4) is 0 Å². The van der Waals surface area contributed by atoms with Crippen LogP contribution in [0.25, 0.3) is 0 Å². The van der Waals surface area contributed by atoms with Gasteiger partial charge in [0.2, 0.25) is 12.5 Å². The number of ether oxygens (including phenoxy) is 3. The van der Waals surface area contributed by atoms with E-state index < -0.39 is 0 Å². The van der Waals surface area contributed by atoms with Crippen molar-refractivity contribution in [3.63, 3.8) is 0 Å². The molecule has 0 radical (unpaired) electrons. The van der Waals surface area contributed by atoms with Crippen LogP contribution in [0, 0.1) is 5.82 Å². The van der Waals surface area contributed by atoms with Crippen molar-refractivity contribution < 1.29 is 23.4 Å². The largest absolute Gasteiger partial charge is 0.489 e. The second-order valence-electron chi connectivity index (χ2n) is 7.48. The molecule has 1 saturated heterocycles. The van der Waals surface area contributed by atoms with Gasteiger partial charge in [0, 0.05) is 19.4 Å². The monoisotopic (exact) mass is 385 g/mol. The number of halogens is 1. The number of hydrogen-bond donors (Lipinski definition) is 0. The summed E-state index contributed by atoms with van der Waals surface area (Å²) in [7, 11) is 0. The molecule has 4 rings (SSSR count). The lowest BCUT2D eigenvalue weighted by Crippen LogP contribution is -2.25. The quantitative estimate of drug-likeness (QED) is 0.742. The molecular formula is C22H24FNO4. The summed E-state index contributed by atoms with van der Waals surface area (Å²) in [4.78, 5) is 13.3. The van der Waals surface area contributed by atoms with E-state index in [0.717, 1.165) is 24.3 Å². The van der Waals surface area contributed by atoms with Gasteiger partial charge in [0.15, 0.2) is 11.6 Å². The molecule has 6 heteroatoms. The van der Waals surface area contributed by atoms with Gasteiger partial charge < -0.3 is 23.9 Å². The number of carbonyl (C=O) groups excluding carboxylic acids is 1. The molecule has 0 aliphatic carbocycles. The molecule has 2 aromatic carbocycles. The zero-order chi connectivity index (χ0) is 19.7. The Morgan fingerprint density at radius 1 is 1.25 bits per heavy atom. The van der Waals surface area contributed by atoms with Crippen molar-refractivity contribution in [3.8, 4) is 17.2 Å². The van der Waals surface area contributed by atoms with Gasteiger partial charge in [0.1, 0.15) is 17.6 Å². The van der Waals surface area contributed by atoms with E-state index in [0.29, 0.717) is 24.4 Å². The van der Waals surface area contributed by atoms with Crippen molar-refractivity contribution in [2.75, 3.05) is 24.8 Å². The van der Waals surface area contributed by atoms with E-state index in [1.54, 1.807) is 19.1 Å². The average Bonchev–Trinajstić information content (AvgIpc) is 3.32. The fourth-order valence-corrected chi connectivity index (χ4v) is 3.83. The number of rotatable bonds is 6. The maximum Gasteiger partial charge on any atom is 0.231 e. The maximum absolute atomic E-state index is 14.7. The Morgan fingerprint density at radius 2 is 2.04 bits per heavy atom. The Kier molecular flexibility index (Phi) is 5.11. The van der Waals surface area contributed by atoms with Gasteiger partial charge in [-0.25, -0.2) is 4.39 Å². The van der Waals surface area contributed by atoms with Crippen molar-refractivity contribution in [3.05, 3.63) is 47.8 Å². The standard InChI is InChI=1S/C22H24FNO4/c1-14(11-15(2)25)16-3-5-17(6-4-16)28-18-9-10-24(12-18)19-7-8-20-22(21(19)23)27-13-26-20/h3-8,14,18H,9-13H2,1-2H3/t14-,18?/m1/s1. The summed E-state index contributed by atoms with van der Waals surface area (Å²) >= 11 is 0. The van der Waals surface area contributed by atoms with Crippen LogP contribution in [0.5, 0.6) is 17.2 Å². The highest BCUT2D eigenvalue weighted by atomic mass is 19.1. The van der Waals surface area contributed by atoms with Crippen LogP contribution >= 0.6 is 0 Å². The van der Waals surface area contributed by atoms with Gasteiger partial charge in [-0.15, -0.1) is 0 Å². The average molecular weight is 385 g/mol.